The number of anilines is 1. The Hall–Kier alpha value is -4.45. The molecule has 12 heteroatoms. The van der Waals surface area contributed by atoms with E-state index in [1.165, 1.54) is 9.80 Å². The molecule has 1 amide bonds. The van der Waals surface area contributed by atoms with Crippen LogP contribution in [0.25, 0.3) is 11.1 Å². The van der Waals surface area contributed by atoms with Crippen LogP contribution in [0, 0.1) is 18.6 Å². The number of rotatable bonds is 10. The van der Waals surface area contributed by atoms with Crippen molar-refractivity contribution in [2.24, 2.45) is 5.73 Å². The highest BCUT2D eigenvalue weighted by Gasteiger charge is 2.32. The Morgan fingerprint density at radius 3 is 2.38 bits per heavy atom. The first-order chi connectivity index (χ1) is 20.1. The minimum atomic E-state index is -1.42. The van der Waals surface area contributed by atoms with E-state index in [1.807, 2.05) is 37.3 Å². The fourth-order valence-corrected chi connectivity index (χ4v) is 4.65. The van der Waals surface area contributed by atoms with Crippen LogP contribution in [0.4, 0.5) is 19.3 Å². The molecule has 2 heterocycles. The van der Waals surface area contributed by atoms with Gasteiger partial charge in [0.1, 0.15) is 11.4 Å². The van der Waals surface area contributed by atoms with Gasteiger partial charge in [0.05, 0.1) is 6.61 Å². The number of aromatic nitrogens is 1. The summed E-state index contributed by atoms with van der Waals surface area (Å²) < 4.78 is 48.1. The number of halogens is 2. The summed E-state index contributed by atoms with van der Waals surface area (Å²) in [4.78, 5) is 30.5. The quantitative estimate of drug-likeness (QED) is 0.334. The number of pyridine rings is 1. The molecular formula is C30H34F2N4O6. The van der Waals surface area contributed by atoms with Gasteiger partial charge in [-0.15, -0.1) is 0 Å². The van der Waals surface area contributed by atoms with Crippen LogP contribution in [-0.4, -0.2) is 65.9 Å². The van der Waals surface area contributed by atoms with Crippen molar-refractivity contribution in [3.05, 3.63) is 65.2 Å². The molecule has 0 unspecified atom stereocenters. The largest absolute Gasteiger partial charge is 0.479 e. The monoisotopic (exact) mass is 584 g/mol. The van der Waals surface area contributed by atoms with Gasteiger partial charge in [-0.2, -0.15) is 13.8 Å². The summed E-state index contributed by atoms with van der Waals surface area (Å²) in [5.41, 5.74) is 8.71. The lowest BCUT2D eigenvalue weighted by atomic mass is 10.0. The number of hydrogen-bond acceptors (Lipinski definition) is 8. The summed E-state index contributed by atoms with van der Waals surface area (Å²) >= 11 is 0. The summed E-state index contributed by atoms with van der Waals surface area (Å²) in [6, 6.07) is 12.9. The molecule has 0 spiro atoms. The van der Waals surface area contributed by atoms with Gasteiger partial charge in [-0.05, 0) is 60.7 Å². The average molecular weight is 585 g/mol. The molecular weight excluding hydrogens is 550 g/mol. The molecule has 42 heavy (non-hydrogen) atoms. The number of nitrogens with zero attached hydrogens (tertiary/aromatic N) is 3. The predicted octanol–water partition coefficient (Wildman–Crippen LogP) is 5.11. The second-order valence-electron chi connectivity index (χ2n) is 9.77. The lowest BCUT2D eigenvalue weighted by Crippen LogP contribution is -2.49. The first kappa shape index (κ1) is 30.5. The van der Waals surface area contributed by atoms with Gasteiger partial charge in [-0.3, -0.25) is 0 Å². The summed E-state index contributed by atoms with van der Waals surface area (Å²) in [6.07, 6.45) is -1.92. The summed E-state index contributed by atoms with van der Waals surface area (Å²) in [5, 5.41) is 9.49. The highest BCUT2D eigenvalue weighted by atomic mass is 19.1. The van der Waals surface area contributed by atoms with Gasteiger partial charge < -0.3 is 34.9 Å². The van der Waals surface area contributed by atoms with Crippen molar-refractivity contribution in [2.75, 3.05) is 37.7 Å². The Balaban J connectivity index is 1.72. The molecule has 1 aliphatic rings. The third-order valence-electron chi connectivity index (χ3n) is 6.78. The van der Waals surface area contributed by atoms with E-state index in [1.54, 1.807) is 26.0 Å². The van der Waals surface area contributed by atoms with Crippen LogP contribution in [0.5, 0.6) is 17.5 Å². The van der Waals surface area contributed by atoms with E-state index in [4.69, 9.17) is 19.9 Å². The van der Waals surface area contributed by atoms with Gasteiger partial charge in [0.2, 0.25) is 11.6 Å². The Morgan fingerprint density at radius 2 is 1.74 bits per heavy atom. The zero-order valence-corrected chi connectivity index (χ0v) is 23.7. The van der Waals surface area contributed by atoms with Gasteiger partial charge in [0, 0.05) is 32.7 Å². The number of aliphatic carboxylic acids is 1. The minimum Gasteiger partial charge on any atom is -0.479 e. The van der Waals surface area contributed by atoms with Gasteiger partial charge >= 0.3 is 12.1 Å². The zero-order valence-electron chi connectivity index (χ0n) is 23.7. The summed E-state index contributed by atoms with van der Waals surface area (Å²) in [7, 11) is 0. The number of amides is 1. The number of ether oxygens (including phenoxy) is 3. The van der Waals surface area contributed by atoms with Crippen LogP contribution in [0.3, 0.4) is 0 Å². The second-order valence-corrected chi connectivity index (χ2v) is 9.77. The number of carboxylic acids is 1. The molecule has 4 rings (SSSR count). The maximum atomic E-state index is 16.0. The molecule has 3 N–H and O–H groups in total. The van der Waals surface area contributed by atoms with Crippen molar-refractivity contribution in [3.63, 3.8) is 0 Å². The van der Waals surface area contributed by atoms with E-state index >= 15 is 8.78 Å². The molecule has 224 valence electrons. The zero-order chi connectivity index (χ0) is 30.4. The predicted molar refractivity (Wildman–Crippen MR) is 152 cm³/mol. The number of carbonyl (C=O) groups excluding carboxylic acids is 1. The number of nitrogens with two attached hydrogens (primary N) is 1. The number of carboxylic acid groups (broad SMARTS) is 1. The van der Waals surface area contributed by atoms with Crippen molar-refractivity contribution < 1.29 is 37.7 Å². The van der Waals surface area contributed by atoms with E-state index in [2.05, 4.69) is 4.98 Å². The van der Waals surface area contributed by atoms with Crippen LogP contribution < -0.4 is 20.1 Å². The smallest absolute Gasteiger partial charge is 0.409 e. The van der Waals surface area contributed by atoms with Crippen molar-refractivity contribution in [2.45, 2.75) is 39.8 Å². The average Bonchev–Trinajstić information content (AvgIpc) is 2.98. The summed E-state index contributed by atoms with van der Waals surface area (Å²) in [6.45, 7) is 6.13. The molecule has 1 atom stereocenters. The van der Waals surface area contributed by atoms with Crippen LogP contribution in [0.2, 0.25) is 0 Å². The molecule has 0 saturated carbocycles. The Kier molecular flexibility index (Phi) is 9.79. The van der Waals surface area contributed by atoms with E-state index in [0.29, 0.717) is 6.54 Å². The molecule has 3 aromatic rings. The summed E-state index contributed by atoms with van der Waals surface area (Å²) in [5.74, 6) is -4.61. The number of piperazine rings is 1. The molecule has 10 nitrogen and oxygen atoms in total. The normalized spacial score (nSPS) is 14.0. The number of benzene rings is 2. The van der Waals surface area contributed by atoms with E-state index in [9.17, 15) is 14.7 Å². The van der Waals surface area contributed by atoms with Crippen LogP contribution in [0.15, 0.2) is 42.5 Å². The van der Waals surface area contributed by atoms with Gasteiger partial charge in [0.25, 0.3) is 11.8 Å². The molecule has 1 fully saturated rings. The third-order valence-corrected chi connectivity index (χ3v) is 6.78. The topological polar surface area (TPSA) is 127 Å². The molecule has 0 bridgehead atoms. The molecule has 2 aromatic carbocycles. The maximum Gasteiger partial charge on any atom is 0.409 e. The number of hydrogen-bond donors (Lipinski definition) is 2. The Morgan fingerprint density at radius 1 is 1.02 bits per heavy atom. The van der Waals surface area contributed by atoms with Crippen LogP contribution in [-0.2, 0) is 16.1 Å². The van der Waals surface area contributed by atoms with Crippen molar-refractivity contribution >= 4 is 17.7 Å². The van der Waals surface area contributed by atoms with Crippen LogP contribution >= 0.6 is 0 Å². The Bertz CT molecular complexity index is 1450. The lowest BCUT2D eigenvalue weighted by molar-refractivity contribution is -0.145. The minimum absolute atomic E-state index is 0.0146. The van der Waals surface area contributed by atoms with Crippen molar-refractivity contribution in [1.82, 2.24) is 9.88 Å². The van der Waals surface area contributed by atoms with Crippen molar-refractivity contribution in [3.8, 4) is 28.6 Å². The standard InChI is InChI=1S/C30H34F2N4O6/c1-4-23(29(37)38)42-28-25(32)26(35-9-11-36(12-10-35)30(39)40-5-2)24(31)27(34-28)41-22-14-18(3)13-21(16-22)20-8-6-7-19(15-20)17-33/h6-8,13-16,23H,4-5,9-12,17,33H2,1-3H3,(H,37,38)/t23-/m1/s1. The van der Waals surface area contributed by atoms with E-state index in [-0.39, 0.29) is 45.0 Å². The highest BCUT2D eigenvalue weighted by molar-refractivity contribution is 5.73. The van der Waals surface area contributed by atoms with E-state index in [0.717, 1.165) is 22.3 Å². The highest BCUT2D eigenvalue weighted by Crippen LogP contribution is 2.38. The number of carbonyl (C=O) groups is 2. The molecule has 1 aliphatic heterocycles. The van der Waals surface area contributed by atoms with E-state index < -0.39 is 47.2 Å². The Labute approximate surface area is 242 Å². The molecule has 0 radical (unpaired) electrons. The fraction of sp³-hybridized carbons (Fsp3) is 0.367. The second kappa shape index (κ2) is 13.5. The molecule has 1 saturated heterocycles. The fourth-order valence-electron chi connectivity index (χ4n) is 4.65. The first-order valence-electron chi connectivity index (χ1n) is 13.7. The molecule has 1 aromatic heterocycles. The van der Waals surface area contributed by atoms with Gasteiger partial charge in [0.15, 0.2) is 6.10 Å². The maximum absolute atomic E-state index is 16.0. The van der Waals surface area contributed by atoms with Crippen molar-refractivity contribution in [1.29, 1.82) is 0 Å². The number of aryl methyl sites for hydroxylation is 1. The van der Waals surface area contributed by atoms with Gasteiger partial charge in [-0.1, -0.05) is 31.2 Å². The first-order valence-corrected chi connectivity index (χ1v) is 13.7. The van der Waals surface area contributed by atoms with Crippen LogP contribution in [0.1, 0.15) is 31.4 Å². The molecule has 0 aliphatic carbocycles. The lowest BCUT2D eigenvalue weighted by Gasteiger charge is -2.35. The van der Waals surface area contributed by atoms with Gasteiger partial charge in [-0.25, -0.2) is 9.59 Å². The third kappa shape index (κ3) is 6.88. The SMILES string of the molecule is CCOC(=O)N1CCN(c2c(F)c(Oc3cc(C)cc(-c4cccc(CN)c4)c3)nc(O[C@H](CC)C(=O)O)c2F)CC1.